The highest BCUT2D eigenvalue weighted by Gasteiger charge is 2.16. The second-order valence-electron chi connectivity index (χ2n) is 3.90. The zero-order valence-electron chi connectivity index (χ0n) is 9.14. The molecule has 1 atom stereocenters. The Morgan fingerprint density at radius 1 is 1.27 bits per heavy atom. The van der Waals surface area contributed by atoms with Crippen LogP contribution in [0.25, 0.3) is 0 Å². The smallest absolute Gasteiger partial charge is 0.154 e. The monoisotopic (exact) mass is 227 g/mol. The third-order valence-electron chi connectivity index (χ3n) is 2.31. The lowest BCUT2D eigenvalue weighted by Crippen LogP contribution is -2.36. The van der Waals surface area contributed by atoms with E-state index in [2.05, 4.69) is 0 Å². The molecule has 0 amide bonds. The minimum atomic E-state index is -0.338. The van der Waals surface area contributed by atoms with Gasteiger partial charge in [-0.2, -0.15) is 0 Å². The van der Waals surface area contributed by atoms with Crippen molar-refractivity contribution < 1.29 is 4.79 Å². The Morgan fingerprint density at radius 2 is 1.80 bits per heavy atom. The molecule has 0 saturated carbocycles. The number of rotatable bonds is 4. The first-order valence-electron chi connectivity index (χ1n) is 4.93. The van der Waals surface area contributed by atoms with Crippen LogP contribution in [-0.4, -0.2) is 11.8 Å². The molecule has 0 fully saturated rings. The van der Waals surface area contributed by atoms with E-state index in [1.165, 1.54) is 0 Å². The molecule has 2 nitrogen and oxygen atoms in total. The van der Waals surface area contributed by atoms with Gasteiger partial charge in [0.2, 0.25) is 0 Å². The normalized spacial score (nSPS) is 12.0. The summed E-state index contributed by atoms with van der Waals surface area (Å²) < 4.78 is 0. The second kappa shape index (κ2) is 6.59. The Balaban J connectivity index is 0.00000196. The average Bonchev–Trinajstić information content (AvgIpc) is 2.18. The highest BCUT2D eigenvalue weighted by Crippen LogP contribution is 2.06. The molecule has 0 bridgehead atoms. The molecule has 0 spiro atoms. The molecule has 1 aromatic rings. The van der Waals surface area contributed by atoms with Crippen molar-refractivity contribution in [3.8, 4) is 0 Å². The zero-order valence-corrected chi connectivity index (χ0v) is 9.96. The summed E-state index contributed by atoms with van der Waals surface area (Å²) in [5.41, 5.74) is 6.79. The van der Waals surface area contributed by atoms with Crippen LogP contribution in [0.5, 0.6) is 0 Å². The molecule has 84 valence electrons. The van der Waals surface area contributed by atoms with Crippen LogP contribution in [0.15, 0.2) is 30.3 Å². The summed E-state index contributed by atoms with van der Waals surface area (Å²) >= 11 is 0. The first-order valence-corrected chi connectivity index (χ1v) is 4.93. The van der Waals surface area contributed by atoms with Crippen molar-refractivity contribution in [2.45, 2.75) is 26.3 Å². The molecule has 0 aliphatic rings. The standard InChI is InChI=1S/C12H17NO.ClH/c1-9(2)12(13)11(14)8-10-6-4-3-5-7-10;/h3-7,9,12H,8,13H2,1-2H3;1H/t12-;/m1./s1. The zero-order chi connectivity index (χ0) is 10.6. The van der Waals surface area contributed by atoms with Gasteiger partial charge in [-0.15, -0.1) is 12.4 Å². The van der Waals surface area contributed by atoms with E-state index in [4.69, 9.17) is 5.73 Å². The molecular weight excluding hydrogens is 210 g/mol. The molecule has 1 aromatic carbocycles. The van der Waals surface area contributed by atoms with Crippen LogP contribution in [0.4, 0.5) is 0 Å². The average molecular weight is 228 g/mol. The number of carbonyl (C=O) groups is 1. The SMILES string of the molecule is CC(C)[C@@H](N)C(=O)Cc1ccccc1.Cl. The fourth-order valence-corrected chi connectivity index (χ4v) is 1.29. The van der Waals surface area contributed by atoms with E-state index in [1.54, 1.807) is 0 Å². The van der Waals surface area contributed by atoms with E-state index in [-0.39, 0.29) is 30.2 Å². The Kier molecular flexibility index (Phi) is 6.21. The lowest BCUT2D eigenvalue weighted by molar-refractivity contribution is -0.120. The third-order valence-corrected chi connectivity index (χ3v) is 2.31. The van der Waals surface area contributed by atoms with Crippen LogP contribution >= 0.6 is 12.4 Å². The van der Waals surface area contributed by atoms with Crippen LogP contribution in [0.1, 0.15) is 19.4 Å². The molecular formula is C12H18ClNO. The summed E-state index contributed by atoms with van der Waals surface area (Å²) in [5.74, 6) is 0.331. The second-order valence-corrected chi connectivity index (χ2v) is 3.90. The maximum absolute atomic E-state index is 11.6. The van der Waals surface area contributed by atoms with Crippen LogP contribution in [0, 0.1) is 5.92 Å². The number of halogens is 1. The minimum Gasteiger partial charge on any atom is -0.321 e. The van der Waals surface area contributed by atoms with Crippen LogP contribution in [-0.2, 0) is 11.2 Å². The van der Waals surface area contributed by atoms with Crippen molar-refractivity contribution in [2.24, 2.45) is 11.7 Å². The van der Waals surface area contributed by atoms with E-state index in [0.717, 1.165) is 5.56 Å². The first kappa shape index (κ1) is 14.1. The van der Waals surface area contributed by atoms with Gasteiger partial charge in [0.1, 0.15) is 0 Å². The lowest BCUT2D eigenvalue weighted by atomic mass is 9.96. The van der Waals surface area contributed by atoms with Crippen molar-refractivity contribution in [1.29, 1.82) is 0 Å². The van der Waals surface area contributed by atoms with Gasteiger partial charge < -0.3 is 5.73 Å². The van der Waals surface area contributed by atoms with Crippen LogP contribution in [0.2, 0.25) is 0 Å². The van der Waals surface area contributed by atoms with Gasteiger partial charge >= 0.3 is 0 Å². The van der Waals surface area contributed by atoms with Gasteiger partial charge in [-0.3, -0.25) is 4.79 Å². The molecule has 1 rings (SSSR count). The summed E-state index contributed by atoms with van der Waals surface area (Å²) in [6.07, 6.45) is 0.445. The van der Waals surface area contributed by atoms with Crippen molar-refractivity contribution >= 4 is 18.2 Å². The number of hydrogen-bond acceptors (Lipinski definition) is 2. The minimum absolute atomic E-state index is 0. The Labute approximate surface area is 97.3 Å². The summed E-state index contributed by atoms with van der Waals surface area (Å²) in [5, 5.41) is 0. The van der Waals surface area contributed by atoms with Crippen molar-refractivity contribution in [1.82, 2.24) is 0 Å². The third kappa shape index (κ3) is 4.45. The molecule has 0 saturated heterocycles. The van der Waals surface area contributed by atoms with E-state index >= 15 is 0 Å². The molecule has 0 unspecified atom stereocenters. The summed E-state index contributed by atoms with van der Waals surface area (Å²) in [4.78, 5) is 11.6. The van der Waals surface area contributed by atoms with Crippen LogP contribution < -0.4 is 5.73 Å². The van der Waals surface area contributed by atoms with Gasteiger partial charge in [0.15, 0.2) is 5.78 Å². The van der Waals surface area contributed by atoms with E-state index in [9.17, 15) is 4.79 Å². The topological polar surface area (TPSA) is 43.1 Å². The van der Waals surface area contributed by atoms with Crippen molar-refractivity contribution in [3.63, 3.8) is 0 Å². The van der Waals surface area contributed by atoms with Crippen molar-refractivity contribution in [2.75, 3.05) is 0 Å². The highest BCUT2D eigenvalue weighted by atomic mass is 35.5. The Hall–Kier alpha value is -0.860. The Morgan fingerprint density at radius 3 is 2.27 bits per heavy atom. The molecule has 0 heterocycles. The number of Topliss-reactive ketones (excluding diaryl/α,β-unsaturated/α-hetero) is 1. The molecule has 15 heavy (non-hydrogen) atoms. The van der Waals surface area contributed by atoms with Crippen LogP contribution in [0.3, 0.4) is 0 Å². The van der Waals surface area contributed by atoms with E-state index in [1.807, 2.05) is 44.2 Å². The maximum atomic E-state index is 11.6. The van der Waals surface area contributed by atoms with Crippen molar-refractivity contribution in [3.05, 3.63) is 35.9 Å². The number of hydrogen-bond donors (Lipinski definition) is 1. The van der Waals surface area contributed by atoms with Gasteiger partial charge in [-0.25, -0.2) is 0 Å². The maximum Gasteiger partial charge on any atom is 0.154 e. The quantitative estimate of drug-likeness (QED) is 0.857. The van der Waals surface area contributed by atoms with Gasteiger partial charge in [-0.05, 0) is 11.5 Å². The highest BCUT2D eigenvalue weighted by molar-refractivity contribution is 5.86. The largest absolute Gasteiger partial charge is 0.321 e. The van der Waals surface area contributed by atoms with E-state index < -0.39 is 0 Å². The summed E-state index contributed by atoms with van der Waals surface area (Å²) in [6.45, 7) is 3.93. The molecule has 0 radical (unpaired) electrons. The fourth-order valence-electron chi connectivity index (χ4n) is 1.29. The van der Waals surface area contributed by atoms with Gasteiger partial charge in [0.25, 0.3) is 0 Å². The molecule has 2 N–H and O–H groups in total. The summed E-state index contributed by atoms with van der Waals surface area (Å²) in [6, 6.07) is 9.37. The first-order chi connectivity index (χ1) is 6.61. The molecule has 3 heteroatoms. The predicted molar refractivity (Wildman–Crippen MR) is 65.2 cm³/mol. The fraction of sp³-hybridized carbons (Fsp3) is 0.417. The number of nitrogens with two attached hydrogens (primary N) is 1. The number of benzene rings is 1. The predicted octanol–water partition coefficient (Wildman–Crippen LogP) is 2.20. The Bertz CT molecular complexity index is 298. The molecule has 0 aromatic heterocycles. The lowest BCUT2D eigenvalue weighted by Gasteiger charge is -2.13. The van der Waals surface area contributed by atoms with Gasteiger partial charge in [0, 0.05) is 6.42 Å². The molecule has 0 aliphatic heterocycles. The summed E-state index contributed by atoms with van der Waals surface area (Å²) in [7, 11) is 0. The number of ketones is 1. The molecule has 0 aliphatic carbocycles. The van der Waals surface area contributed by atoms with E-state index in [0.29, 0.717) is 6.42 Å². The number of carbonyl (C=O) groups excluding carboxylic acids is 1. The van der Waals surface area contributed by atoms with Gasteiger partial charge in [-0.1, -0.05) is 44.2 Å². The van der Waals surface area contributed by atoms with Gasteiger partial charge in [0.05, 0.1) is 6.04 Å².